The summed E-state index contributed by atoms with van der Waals surface area (Å²) in [4.78, 5) is 28.1. The van der Waals surface area contributed by atoms with Gasteiger partial charge in [0.15, 0.2) is 0 Å². The van der Waals surface area contributed by atoms with Crippen LogP contribution in [0.1, 0.15) is 15.9 Å². The van der Waals surface area contributed by atoms with Crippen LogP contribution < -0.4 is 10.8 Å². The third-order valence-corrected chi connectivity index (χ3v) is 2.67. The van der Waals surface area contributed by atoms with Crippen molar-refractivity contribution in [2.75, 3.05) is 13.2 Å². The molecule has 2 aromatic rings. The van der Waals surface area contributed by atoms with Crippen LogP contribution in [0.4, 0.5) is 0 Å². The molecule has 1 aromatic heterocycles. The summed E-state index contributed by atoms with van der Waals surface area (Å²) in [6.07, 6.45) is 6.09. The number of benzene rings is 1. The number of nitrogens with one attached hydrogen (secondary N) is 2. The zero-order chi connectivity index (χ0) is 15.6. The van der Waals surface area contributed by atoms with Gasteiger partial charge in [-0.3, -0.25) is 14.4 Å². The van der Waals surface area contributed by atoms with Gasteiger partial charge in [0.2, 0.25) is 5.91 Å². The minimum Gasteiger partial charge on any atom is -0.472 e. The number of carbonyl (C=O) groups is 2. The first kappa shape index (κ1) is 15.5. The fourth-order valence-corrected chi connectivity index (χ4v) is 1.59. The van der Waals surface area contributed by atoms with E-state index in [0.29, 0.717) is 5.56 Å². The van der Waals surface area contributed by atoms with Gasteiger partial charge in [-0.05, 0) is 24.3 Å². The van der Waals surface area contributed by atoms with Crippen molar-refractivity contribution in [3.8, 4) is 0 Å². The van der Waals surface area contributed by atoms with E-state index >= 15 is 0 Å². The van der Waals surface area contributed by atoms with E-state index in [1.807, 2.05) is 6.07 Å². The molecule has 0 spiro atoms. The lowest BCUT2D eigenvalue weighted by Gasteiger charge is -2.06. The SMILES string of the molecule is O=C(/C=C/c1ccoc1)NCCONC(=O)c1ccccc1. The van der Waals surface area contributed by atoms with Gasteiger partial charge < -0.3 is 9.73 Å². The number of carbonyl (C=O) groups excluding carboxylic acids is 2. The van der Waals surface area contributed by atoms with Crippen molar-refractivity contribution in [1.29, 1.82) is 0 Å². The van der Waals surface area contributed by atoms with Crippen LogP contribution in [0.15, 0.2) is 59.4 Å². The van der Waals surface area contributed by atoms with Crippen LogP contribution in [0.5, 0.6) is 0 Å². The number of furan rings is 1. The van der Waals surface area contributed by atoms with E-state index in [4.69, 9.17) is 9.25 Å². The quantitative estimate of drug-likeness (QED) is 0.464. The lowest BCUT2D eigenvalue weighted by atomic mass is 10.2. The summed E-state index contributed by atoms with van der Waals surface area (Å²) in [5.41, 5.74) is 3.62. The van der Waals surface area contributed by atoms with Crippen LogP contribution in [0, 0.1) is 0 Å². The normalized spacial score (nSPS) is 10.5. The van der Waals surface area contributed by atoms with E-state index in [-0.39, 0.29) is 25.0 Å². The molecule has 0 bridgehead atoms. The second-order valence-electron chi connectivity index (χ2n) is 4.33. The van der Waals surface area contributed by atoms with E-state index < -0.39 is 0 Å². The lowest BCUT2D eigenvalue weighted by Crippen LogP contribution is -2.30. The largest absolute Gasteiger partial charge is 0.472 e. The molecule has 0 radical (unpaired) electrons. The molecule has 2 N–H and O–H groups in total. The predicted molar refractivity (Wildman–Crippen MR) is 80.6 cm³/mol. The molecule has 0 aliphatic rings. The molecule has 0 unspecified atom stereocenters. The van der Waals surface area contributed by atoms with Crippen LogP contribution in [0.3, 0.4) is 0 Å². The molecule has 0 aliphatic carbocycles. The smallest absolute Gasteiger partial charge is 0.274 e. The maximum atomic E-state index is 11.6. The summed E-state index contributed by atoms with van der Waals surface area (Å²) in [6, 6.07) is 10.5. The monoisotopic (exact) mass is 300 g/mol. The fraction of sp³-hybridized carbons (Fsp3) is 0.125. The molecule has 114 valence electrons. The lowest BCUT2D eigenvalue weighted by molar-refractivity contribution is -0.116. The summed E-state index contributed by atoms with van der Waals surface area (Å²) in [5, 5.41) is 2.63. The van der Waals surface area contributed by atoms with Crippen LogP contribution in [-0.4, -0.2) is 25.0 Å². The maximum Gasteiger partial charge on any atom is 0.274 e. The van der Waals surface area contributed by atoms with Gasteiger partial charge >= 0.3 is 0 Å². The number of amides is 2. The third-order valence-electron chi connectivity index (χ3n) is 2.67. The molecule has 2 rings (SSSR count). The molecule has 22 heavy (non-hydrogen) atoms. The minimum absolute atomic E-state index is 0.170. The molecule has 1 heterocycles. The van der Waals surface area contributed by atoms with Crippen molar-refractivity contribution in [3.05, 3.63) is 66.1 Å². The predicted octanol–water partition coefficient (Wildman–Crippen LogP) is 1.77. The summed E-state index contributed by atoms with van der Waals surface area (Å²) in [5.74, 6) is -0.578. The maximum absolute atomic E-state index is 11.6. The Labute approximate surface area is 127 Å². The first-order valence-electron chi connectivity index (χ1n) is 6.71. The van der Waals surface area contributed by atoms with Crippen molar-refractivity contribution in [2.24, 2.45) is 0 Å². The first-order chi connectivity index (χ1) is 10.8. The van der Waals surface area contributed by atoms with Gasteiger partial charge in [-0.15, -0.1) is 0 Å². The Morgan fingerprint density at radius 3 is 2.73 bits per heavy atom. The highest BCUT2D eigenvalue weighted by atomic mass is 16.6. The average Bonchev–Trinajstić information content (AvgIpc) is 3.06. The van der Waals surface area contributed by atoms with Crippen molar-refractivity contribution in [2.45, 2.75) is 0 Å². The summed E-state index contributed by atoms with van der Waals surface area (Å²) < 4.78 is 4.88. The zero-order valence-corrected chi connectivity index (χ0v) is 11.8. The van der Waals surface area contributed by atoms with E-state index in [1.165, 1.54) is 18.6 Å². The zero-order valence-electron chi connectivity index (χ0n) is 11.8. The highest BCUT2D eigenvalue weighted by molar-refractivity contribution is 5.93. The van der Waals surface area contributed by atoms with Crippen molar-refractivity contribution >= 4 is 17.9 Å². The highest BCUT2D eigenvalue weighted by Gasteiger charge is 2.03. The molecule has 0 saturated carbocycles. The summed E-state index contributed by atoms with van der Waals surface area (Å²) in [6.45, 7) is 0.452. The van der Waals surface area contributed by atoms with E-state index in [2.05, 4.69) is 10.8 Å². The van der Waals surface area contributed by atoms with Crippen molar-refractivity contribution < 1.29 is 18.8 Å². The molecular formula is C16H16N2O4. The second-order valence-corrected chi connectivity index (χ2v) is 4.33. The van der Waals surface area contributed by atoms with Gasteiger partial charge in [0.25, 0.3) is 5.91 Å². The molecule has 0 atom stereocenters. The molecule has 0 aliphatic heterocycles. The molecule has 1 aromatic carbocycles. The molecular weight excluding hydrogens is 284 g/mol. The Kier molecular flexibility index (Phi) is 5.95. The average molecular weight is 300 g/mol. The van der Waals surface area contributed by atoms with Crippen LogP contribution in [0.25, 0.3) is 6.08 Å². The number of hydroxylamine groups is 1. The van der Waals surface area contributed by atoms with Gasteiger partial charge in [-0.25, -0.2) is 5.48 Å². The van der Waals surface area contributed by atoms with E-state index in [0.717, 1.165) is 5.56 Å². The van der Waals surface area contributed by atoms with Crippen molar-refractivity contribution in [1.82, 2.24) is 10.8 Å². The van der Waals surface area contributed by atoms with E-state index in [1.54, 1.807) is 36.4 Å². The Balaban J connectivity index is 1.59. The Morgan fingerprint density at radius 1 is 1.18 bits per heavy atom. The standard InChI is InChI=1S/C16H16N2O4/c19-15(7-6-13-8-10-21-12-13)17-9-11-22-18-16(20)14-4-2-1-3-5-14/h1-8,10,12H,9,11H2,(H,17,19)(H,18,20)/b7-6+. The molecule has 2 amide bonds. The number of hydrogen-bond acceptors (Lipinski definition) is 4. The third kappa shape index (κ3) is 5.26. The van der Waals surface area contributed by atoms with Gasteiger partial charge in [0, 0.05) is 23.7 Å². The second kappa shape index (κ2) is 8.43. The molecule has 6 heteroatoms. The number of rotatable bonds is 7. The Hall–Kier alpha value is -2.86. The van der Waals surface area contributed by atoms with Gasteiger partial charge in [0.1, 0.15) is 0 Å². The first-order valence-corrected chi connectivity index (χ1v) is 6.71. The van der Waals surface area contributed by atoms with Crippen LogP contribution in [-0.2, 0) is 9.63 Å². The Bertz CT molecular complexity index is 621. The molecule has 6 nitrogen and oxygen atoms in total. The van der Waals surface area contributed by atoms with Crippen molar-refractivity contribution in [3.63, 3.8) is 0 Å². The molecule has 0 fully saturated rings. The van der Waals surface area contributed by atoms with Gasteiger partial charge in [-0.2, -0.15) is 0 Å². The fourth-order valence-electron chi connectivity index (χ4n) is 1.59. The highest BCUT2D eigenvalue weighted by Crippen LogP contribution is 2.01. The van der Waals surface area contributed by atoms with Gasteiger partial charge in [0.05, 0.1) is 19.1 Å². The van der Waals surface area contributed by atoms with Crippen LogP contribution in [0.2, 0.25) is 0 Å². The minimum atomic E-state index is -0.327. The topological polar surface area (TPSA) is 80.6 Å². The van der Waals surface area contributed by atoms with Gasteiger partial charge in [-0.1, -0.05) is 18.2 Å². The summed E-state index contributed by atoms with van der Waals surface area (Å²) >= 11 is 0. The number of hydrogen-bond donors (Lipinski definition) is 2. The molecule has 0 saturated heterocycles. The van der Waals surface area contributed by atoms with Crippen LogP contribution >= 0.6 is 0 Å². The van der Waals surface area contributed by atoms with E-state index in [9.17, 15) is 9.59 Å². The Morgan fingerprint density at radius 2 is 2.00 bits per heavy atom. The summed E-state index contributed by atoms with van der Waals surface area (Å²) in [7, 11) is 0.